The largest absolute Gasteiger partial charge is 0.478 e. The number of anilines is 1. The number of ether oxygens (including phenoxy) is 1. The van der Waals surface area contributed by atoms with Gasteiger partial charge >= 0.3 is 0 Å². The van der Waals surface area contributed by atoms with Crippen molar-refractivity contribution in [2.24, 2.45) is 0 Å². The molecule has 0 aromatic heterocycles. The molecule has 1 aromatic carbocycles. The van der Waals surface area contributed by atoms with E-state index in [0.29, 0.717) is 0 Å². The average Bonchev–Trinajstić information content (AvgIpc) is 2.57. The minimum absolute atomic E-state index is 0.0148. The molecular weight excluding hydrogens is 302 g/mol. The van der Waals surface area contributed by atoms with Gasteiger partial charge in [0.2, 0.25) is 0 Å². The van der Waals surface area contributed by atoms with Crippen LogP contribution in [0.3, 0.4) is 0 Å². The fourth-order valence-corrected chi connectivity index (χ4v) is 3.27. The lowest BCUT2D eigenvalue weighted by Crippen LogP contribution is -2.53. The molecule has 0 atom stereocenters. The Kier molecular flexibility index (Phi) is 5.43. The van der Waals surface area contributed by atoms with Gasteiger partial charge in [0, 0.05) is 18.8 Å². The van der Waals surface area contributed by atoms with Gasteiger partial charge in [0.25, 0.3) is 5.91 Å². The Morgan fingerprint density at radius 3 is 2.42 bits per heavy atom. The van der Waals surface area contributed by atoms with Crippen molar-refractivity contribution >= 4 is 11.6 Å². The summed E-state index contributed by atoms with van der Waals surface area (Å²) >= 11 is 0. The Bertz CT molecular complexity index is 620. The molecule has 134 valence electrons. The lowest BCUT2D eigenvalue weighted by molar-refractivity contribution is -0.146. The summed E-state index contributed by atoms with van der Waals surface area (Å²) < 4.78 is 6.16. The Morgan fingerprint density at radius 2 is 1.83 bits per heavy atom. The van der Waals surface area contributed by atoms with Crippen LogP contribution in [0.25, 0.3) is 0 Å². The van der Waals surface area contributed by atoms with Crippen LogP contribution in [0.1, 0.15) is 43.4 Å². The van der Waals surface area contributed by atoms with E-state index in [-0.39, 0.29) is 11.9 Å². The third-order valence-corrected chi connectivity index (χ3v) is 5.17. The molecule has 1 amide bonds. The number of likely N-dealkylation sites (N-methyl/N-ethyl adjacent to an activating group) is 1. The maximum Gasteiger partial charge on any atom is 0.266 e. The average molecular weight is 333 g/mol. The lowest BCUT2D eigenvalue weighted by Gasteiger charge is -2.37. The normalized spacial score (nSPS) is 16.1. The number of benzene rings is 1. The van der Waals surface area contributed by atoms with Gasteiger partial charge in [-0.15, -0.1) is 0 Å². The molecule has 1 fully saturated rings. The number of nitrogens with one attached hydrogen (secondary N) is 1. The first-order chi connectivity index (χ1) is 11.1. The molecule has 0 unspecified atom stereocenters. The Hall–Kier alpha value is -1.75. The summed E-state index contributed by atoms with van der Waals surface area (Å²) in [7, 11) is 1.88. The number of carbonyl (C=O) groups excluding carboxylic acids is 1. The highest BCUT2D eigenvalue weighted by molar-refractivity contribution is 5.85. The maximum atomic E-state index is 13.0. The second kappa shape index (κ2) is 7.01. The summed E-state index contributed by atoms with van der Waals surface area (Å²) in [6.45, 7) is 11.5. The van der Waals surface area contributed by atoms with Gasteiger partial charge in [0.05, 0.1) is 0 Å². The van der Waals surface area contributed by atoms with Crippen LogP contribution >= 0.6 is 0 Å². The number of piperidine rings is 1. The smallest absolute Gasteiger partial charge is 0.266 e. The van der Waals surface area contributed by atoms with Crippen LogP contribution in [0, 0.1) is 20.8 Å². The summed E-state index contributed by atoms with van der Waals surface area (Å²) in [5, 5.41) is 3.33. The minimum Gasteiger partial charge on any atom is -0.478 e. The molecule has 24 heavy (non-hydrogen) atoms. The molecule has 0 aliphatic carbocycles. The zero-order valence-corrected chi connectivity index (χ0v) is 15.8. The monoisotopic (exact) mass is 333 g/mol. The topological polar surface area (TPSA) is 67.6 Å². The summed E-state index contributed by atoms with van der Waals surface area (Å²) in [5.74, 6) is 0.747. The van der Waals surface area contributed by atoms with Crippen molar-refractivity contribution in [1.29, 1.82) is 0 Å². The zero-order chi connectivity index (χ0) is 18.1. The van der Waals surface area contributed by atoms with Crippen LogP contribution in [-0.4, -0.2) is 42.6 Å². The molecule has 0 saturated carbocycles. The number of nitrogen functional groups attached to an aromatic ring is 1. The van der Waals surface area contributed by atoms with Gasteiger partial charge in [0.1, 0.15) is 5.75 Å². The van der Waals surface area contributed by atoms with Crippen molar-refractivity contribution < 1.29 is 9.53 Å². The Labute approximate surface area is 145 Å². The van der Waals surface area contributed by atoms with Gasteiger partial charge in [0.15, 0.2) is 5.60 Å². The number of hydrogen-bond acceptors (Lipinski definition) is 4. The van der Waals surface area contributed by atoms with E-state index in [9.17, 15) is 4.79 Å². The molecule has 1 aliphatic rings. The quantitative estimate of drug-likeness (QED) is 0.831. The molecule has 1 saturated heterocycles. The van der Waals surface area contributed by atoms with E-state index >= 15 is 0 Å². The van der Waals surface area contributed by atoms with Gasteiger partial charge in [-0.05, 0) is 83.3 Å². The molecular formula is C19H31N3O2. The van der Waals surface area contributed by atoms with E-state index in [4.69, 9.17) is 10.5 Å². The molecule has 1 aliphatic heterocycles. The second-order valence-electron chi connectivity index (χ2n) is 7.36. The molecule has 0 radical (unpaired) electrons. The third kappa shape index (κ3) is 3.66. The predicted molar refractivity (Wildman–Crippen MR) is 98.4 cm³/mol. The number of carbonyl (C=O) groups is 1. The Balaban J connectivity index is 2.19. The molecule has 2 rings (SSSR count). The number of aryl methyl sites for hydroxylation is 1. The molecule has 1 aromatic rings. The molecule has 0 spiro atoms. The summed E-state index contributed by atoms with van der Waals surface area (Å²) in [6, 6.07) is 2.20. The van der Waals surface area contributed by atoms with E-state index < -0.39 is 5.60 Å². The van der Waals surface area contributed by atoms with Crippen molar-refractivity contribution in [2.75, 3.05) is 25.9 Å². The summed E-state index contributed by atoms with van der Waals surface area (Å²) in [6.07, 6.45) is 1.97. The summed E-state index contributed by atoms with van der Waals surface area (Å²) in [5.41, 5.74) is 8.93. The van der Waals surface area contributed by atoms with E-state index in [2.05, 4.69) is 5.32 Å². The van der Waals surface area contributed by atoms with Crippen molar-refractivity contribution in [1.82, 2.24) is 10.2 Å². The van der Waals surface area contributed by atoms with E-state index in [1.165, 1.54) is 0 Å². The Morgan fingerprint density at radius 1 is 1.25 bits per heavy atom. The van der Waals surface area contributed by atoms with Gasteiger partial charge in [-0.2, -0.15) is 0 Å². The van der Waals surface area contributed by atoms with Crippen molar-refractivity contribution in [3.63, 3.8) is 0 Å². The molecule has 1 heterocycles. The van der Waals surface area contributed by atoms with Crippen LogP contribution in [0.2, 0.25) is 0 Å². The second-order valence-corrected chi connectivity index (χ2v) is 7.36. The van der Waals surface area contributed by atoms with Crippen molar-refractivity contribution in [3.05, 3.63) is 22.8 Å². The van der Waals surface area contributed by atoms with Gasteiger partial charge < -0.3 is 20.7 Å². The number of amides is 1. The maximum absolute atomic E-state index is 13.0. The van der Waals surface area contributed by atoms with Crippen LogP contribution in [0.5, 0.6) is 5.75 Å². The fraction of sp³-hybridized carbons (Fsp3) is 0.632. The molecule has 0 bridgehead atoms. The van der Waals surface area contributed by atoms with E-state index in [0.717, 1.165) is 54.1 Å². The number of rotatable bonds is 4. The van der Waals surface area contributed by atoms with Crippen molar-refractivity contribution in [3.8, 4) is 5.75 Å². The van der Waals surface area contributed by atoms with Gasteiger partial charge in [-0.1, -0.05) is 0 Å². The number of hydrogen-bond donors (Lipinski definition) is 2. The van der Waals surface area contributed by atoms with E-state index in [1.54, 1.807) is 0 Å². The third-order valence-electron chi connectivity index (χ3n) is 5.17. The first kappa shape index (κ1) is 18.6. The molecule has 5 nitrogen and oxygen atoms in total. The first-order valence-electron chi connectivity index (χ1n) is 8.68. The highest BCUT2D eigenvalue weighted by atomic mass is 16.5. The van der Waals surface area contributed by atoms with Crippen LogP contribution in [0.15, 0.2) is 6.07 Å². The fourth-order valence-electron chi connectivity index (χ4n) is 3.27. The van der Waals surface area contributed by atoms with Crippen LogP contribution in [-0.2, 0) is 4.79 Å². The minimum atomic E-state index is -0.917. The van der Waals surface area contributed by atoms with Gasteiger partial charge in [-0.3, -0.25) is 4.79 Å². The van der Waals surface area contributed by atoms with Crippen molar-refractivity contribution in [2.45, 2.75) is 59.1 Å². The highest BCUT2D eigenvalue weighted by Crippen LogP contribution is 2.32. The van der Waals surface area contributed by atoms with Gasteiger partial charge in [-0.25, -0.2) is 0 Å². The zero-order valence-electron chi connectivity index (χ0n) is 15.8. The first-order valence-corrected chi connectivity index (χ1v) is 8.68. The molecule has 3 N–H and O–H groups in total. The SMILES string of the molecule is Cc1cc(OC(C)(C)C(=O)N(C)C2CCNCC2)c(C)c(C)c1N. The van der Waals surface area contributed by atoms with Crippen LogP contribution in [0.4, 0.5) is 5.69 Å². The highest BCUT2D eigenvalue weighted by Gasteiger charge is 2.36. The standard InChI is InChI=1S/C19H31N3O2/c1-12-11-16(13(2)14(3)17(12)20)24-19(4,5)18(23)22(6)15-7-9-21-10-8-15/h11,15,21H,7-10,20H2,1-6H3. The molecule has 5 heteroatoms. The van der Waals surface area contributed by atoms with E-state index in [1.807, 2.05) is 52.6 Å². The lowest BCUT2D eigenvalue weighted by atomic mass is 10.00. The van der Waals surface area contributed by atoms with Crippen LogP contribution < -0.4 is 15.8 Å². The summed E-state index contributed by atoms with van der Waals surface area (Å²) in [4.78, 5) is 14.8. The number of nitrogens with zero attached hydrogens (tertiary/aromatic N) is 1. The number of nitrogens with two attached hydrogens (primary N) is 1. The predicted octanol–water partition coefficient (Wildman–Crippen LogP) is 2.56.